The summed E-state index contributed by atoms with van der Waals surface area (Å²) in [5.74, 6) is 0.0918. The lowest BCUT2D eigenvalue weighted by atomic mass is 10.1. The number of rotatable bonds is 5. The van der Waals surface area contributed by atoms with Gasteiger partial charge in [-0.15, -0.1) is 0 Å². The molecule has 0 spiro atoms. The van der Waals surface area contributed by atoms with Crippen LogP contribution < -0.4 is 5.73 Å². The second-order valence-electron chi connectivity index (χ2n) is 7.43. The van der Waals surface area contributed by atoms with Gasteiger partial charge in [0.05, 0.1) is 17.6 Å². The monoisotopic (exact) mass is 388 g/mol. The summed E-state index contributed by atoms with van der Waals surface area (Å²) in [6.45, 7) is 6.46. The van der Waals surface area contributed by atoms with E-state index in [0.717, 1.165) is 23.2 Å². The lowest BCUT2D eigenvalue weighted by Gasteiger charge is -2.10. The fourth-order valence-electron chi connectivity index (χ4n) is 3.23. The number of ether oxygens (including phenoxy) is 1. The molecule has 0 aliphatic heterocycles. The number of aryl methyl sites for hydroxylation is 1. The molecule has 6 heteroatoms. The zero-order valence-electron chi connectivity index (χ0n) is 16.8. The highest BCUT2D eigenvalue weighted by atomic mass is 16.5. The molecule has 0 saturated heterocycles. The second kappa shape index (κ2) is 7.54. The number of carbonyl (C=O) groups is 1. The quantitative estimate of drug-likeness (QED) is 0.503. The van der Waals surface area contributed by atoms with E-state index in [2.05, 4.69) is 6.92 Å². The van der Waals surface area contributed by atoms with Crippen molar-refractivity contribution < 1.29 is 9.53 Å². The van der Waals surface area contributed by atoms with Crippen molar-refractivity contribution in [3.8, 4) is 5.69 Å². The molecule has 2 aromatic carbocycles. The number of fused-ring (bicyclic) bond motifs is 2. The van der Waals surface area contributed by atoms with Gasteiger partial charge in [-0.25, -0.2) is 14.8 Å². The molecule has 0 bridgehead atoms. The molecule has 0 amide bonds. The highest BCUT2D eigenvalue weighted by molar-refractivity contribution is 6.09. The van der Waals surface area contributed by atoms with E-state index in [1.165, 1.54) is 0 Å². The highest BCUT2D eigenvalue weighted by Crippen LogP contribution is 2.31. The van der Waals surface area contributed by atoms with Crippen molar-refractivity contribution in [2.24, 2.45) is 5.92 Å². The number of nitrogens with zero attached hydrogens (tertiary/aromatic N) is 3. The number of aromatic nitrogens is 3. The molecule has 4 rings (SSSR count). The van der Waals surface area contributed by atoms with E-state index >= 15 is 0 Å². The number of carbonyl (C=O) groups excluding carboxylic acids is 1. The zero-order valence-corrected chi connectivity index (χ0v) is 16.8. The van der Waals surface area contributed by atoms with E-state index in [1.807, 2.05) is 62.4 Å². The second-order valence-corrected chi connectivity index (χ2v) is 7.43. The van der Waals surface area contributed by atoms with Crippen molar-refractivity contribution in [2.75, 3.05) is 12.3 Å². The van der Waals surface area contributed by atoms with Gasteiger partial charge >= 0.3 is 5.97 Å². The molecule has 0 radical (unpaired) electrons. The molecule has 0 saturated carbocycles. The molecular formula is C23H24N4O2. The average molecular weight is 388 g/mol. The van der Waals surface area contributed by atoms with Crippen molar-refractivity contribution in [1.82, 2.24) is 14.5 Å². The predicted octanol–water partition coefficient (Wildman–Crippen LogP) is 4.67. The van der Waals surface area contributed by atoms with Gasteiger partial charge in [0.2, 0.25) is 0 Å². The minimum Gasteiger partial charge on any atom is -0.462 e. The summed E-state index contributed by atoms with van der Waals surface area (Å²) in [4.78, 5) is 22.4. The number of nitrogens with two attached hydrogens (primary N) is 1. The molecule has 29 heavy (non-hydrogen) atoms. The van der Waals surface area contributed by atoms with E-state index < -0.39 is 5.97 Å². The number of benzene rings is 2. The lowest BCUT2D eigenvalue weighted by molar-refractivity contribution is 0.0450. The molecular weight excluding hydrogens is 364 g/mol. The Hall–Kier alpha value is -3.41. The van der Waals surface area contributed by atoms with Crippen molar-refractivity contribution in [3.05, 3.63) is 59.7 Å². The number of esters is 1. The van der Waals surface area contributed by atoms with Crippen LogP contribution in [0.3, 0.4) is 0 Å². The molecule has 2 aromatic heterocycles. The summed E-state index contributed by atoms with van der Waals surface area (Å²) in [7, 11) is 0. The molecule has 0 aliphatic carbocycles. The Labute approximate surface area is 169 Å². The summed E-state index contributed by atoms with van der Waals surface area (Å²) in [6.07, 6.45) is 0.929. The summed E-state index contributed by atoms with van der Waals surface area (Å²) in [5.41, 5.74) is 11.1. The maximum Gasteiger partial charge on any atom is 0.344 e. The molecule has 0 fully saturated rings. The van der Waals surface area contributed by atoms with Crippen LogP contribution in [0.1, 0.15) is 36.2 Å². The Bertz CT molecular complexity index is 1200. The third-order valence-corrected chi connectivity index (χ3v) is 5.19. The zero-order chi connectivity index (χ0) is 20.5. The van der Waals surface area contributed by atoms with Gasteiger partial charge in [-0.3, -0.25) is 4.57 Å². The highest BCUT2D eigenvalue weighted by Gasteiger charge is 2.26. The van der Waals surface area contributed by atoms with Gasteiger partial charge in [0.25, 0.3) is 0 Å². The summed E-state index contributed by atoms with van der Waals surface area (Å²) >= 11 is 0. The Balaban J connectivity index is 1.94. The number of para-hydroxylation sites is 2. The lowest BCUT2D eigenvalue weighted by Crippen LogP contribution is -2.13. The summed E-state index contributed by atoms with van der Waals surface area (Å²) < 4.78 is 7.32. The summed E-state index contributed by atoms with van der Waals surface area (Å²) in [5, 5.41) is 0. The van der Waals surface area contributed by atoms with E-state index in [4.69, 9.17) is 20.4 Å². The Morgan fingerprint density at radius 1 is 1.10 bits per heavy atom. The van der Waals surface area contributed by atoms with Crippen LogP contribution in [0.25, 0.3) is 27.9 Å². The van der Waals surface area contributed by atoms with Crippen LogP contribution in [0.2, 0.25) is 0 Å². The molecule has 2 N–H and O–H groups in total. The topological polar surface area (TPSA) is 83.0 Å². The Morgan fingerprint density at radius 2 is 1.76 bits per heavy atom. The number of nitrogen functional groups attached to an aromatic ring is 1. The van der Waals surface area contributed by atoms with Crippen molar-refractivity contribution >= 4 is 34.0 Å². The van der Waals surface area contributed by atoms with Crippen LogP contribution in [-0.4, -0.2) is 27.1 Å². The van der Waals surface area contributed by atoms with E-state index in [-0.39, 0.29) is 17.3 Å². The molecule has 6 nitrogen and oxygen atoms in total. The maximum absolute atomic E-state index is 13.0. The standard InChI is InChI=1S/C23H24N4O2/c1-4-14(2)13-29-23(28)19-20-22(26-18-8-6-5-7-17(18)25-20)27(21(19)24)16-11-9-15(3)10-12-16/h5-12,14H,4,13,24H2,1-3H3/t14-/m0/s1. The van der Waals surface area contributed by atoms with Crippen molar-refractivity contribution in [3.63, 3.8) is 0 Å². The van der Waals surface area contributed by atoms with Gasteiger partial charge < -0.3 is 10.5 Å². The smallest absolute Gasteiger partial charge is 0.344 e. The van der Waals surface area contributed by atoms with Gasteiger partial charge in [-0.05, 0) is 37.1 Å². The molecule has 148 valence electrons. The van der Waals surface area contributed by atoms with Gasteiger partial charge in [0, 0.05) is 5.69 Å². The number of anilines is 1. The predicted molar refractivity (Wildman–Crippen MR) is 115 cm³/mol. The first-order chi connectivity index (χ1) is 14.0. The Morgan fingerprint density at radius 3 is 2.41 bits per heavy atom. The van der Waals surface area contributed by atoms with Gasteiger partial charge in [0.1, 0.15) is 16.9 Å². The van der Waals surface area contributed by atoms with Crippen molar-refractivity contribution in [2.45, 2.75) is 27.2 Å². The summed E-state index contributed by atoms with van der Waals surface area (Å²) in [6, 6.07) is 15.5. The molecule has 0 unspecified atom stereocenters. The number of hydrogen-bond donors (Lipinski definition) is 1. The molecule has 2 heterocycles. The third-order valence-electron chi connectivity index (χ3n) is 5.19. The van der Waals surface area contributed by atoms with Crippen LogP contribution in [0, 0.1) is 12.8 Å². The normalized spacial score (nSPS) is 12.4. The van der Waals surface area contributed by atoms with Crippen LogP contribution in [0.4, 0.5) is 5.82 Å². The SMILES string of the molecule is CC[C@H](C)COC(=O)c1c(N)n(-c2ccc(C)cc2)c2nc3ccccc3nc12. The maximum atomic E-state index is 13.0. The first-order valence-corrected chi connectivity index (χ1v) is 9.80. The van der Waals surface area contributed by atoms with Gasteiger partial charge in [-0.2, -0.15) is 0 Å². The van der Waals surface area contributed by atoms with Crippen LogP contribution >= 0.6 is 0 Å². The average Bonchev–Trinajstić information content (AvgIpc) is 3.01. The van der Waals surface area contributed by atoms with Crippen LogP contribution in [0.5, 0.6) is 0 Å². The number of hydrogen-bond acceptors (Lipinski definition) is 5. The first-order valence-electron chi connectivity index (χ1n) is 9.80. The molecule has 0 aliphatic rings. The van der Waals surface area contributed by atoms with E-state index in [1.54, 1.807) is 4.57 Å². The van der Waals surface area contributed by atoms with Gasteiger partial charge in [0.15, 0.2) is 5.65 Å². The first kappa shape index (κ1) is 18.9. The van der Waals surface area contributed by atoms with Crippen molar-refractivity contribution in [1.29, 1.82) is 0 Å². The molecule has 4 aromatic rings. The third kappa shape index (κ3) is 3.42. The Kier molecular flexibility index (Phi) is 4.92. The van der Waals surface area contributed by atoms with Gasteiger partial charge in [-0.1, -0.05) is 50.1 Å². The molecule has 1 atom stereocenters. The van der Waals surface area contributed by atoms with Crippen LogP contribution in [0.15, 0.2) is 48.5 Å². The fraction of sp³-hybridized carbons (Fsp3) is 0.261. The largest absolute Gasteiger partial charge is 0.462 e. The van der Waals surface area contributed by atoms with E-state index in [0.29, 0.717) is 23.3 Å². The van der Waals surface area contributed by atoms with Crippen LogP contribution in [-0.2, 0) is 4.74 Å². The fourth-order valence-corrected chi connectivity index (χ4v) is 3.23. The minimum absolute atomic E-state index is 0.266. The van der Waals surface area contributed by atoms with E-state index in [9.17, 15) is 4.79 Å². The minimum atomic E-state index is -0.469.